The number of ether oxygens (including phenoxy) is 2. The van der Waals surface area contributed by atoms with Crippen LogP contribution in [-0.4, -0.2) is 57.5 Å². The van der Waals surface area contributed by atoms with Crippen LogP contribution in [0.25, 0.3) is 0 Å². The third-order valence-electron chi connectivity index (χ3n) is 6.23. The maximum atomic E-state index is 13.1. The van der Waals surface area contributed by atoms with E-state index in [0.717, 1.165) is 16.9 Å². The minimum Gasteiger partial charge on any atom is -0.497 e. The van der Waals surface area contributed by atoms with Crippen LogP contribution in [0.15, 0.2) is 77.7 Å². The number of piperazine rings is 1. The molecule has 0 amide bonds. The molecule has 0 bridgehead atoms. The Morgan fingerprint density at radius 3 is 2.34 bits per heavy atom. The van der Waals surface area contributed by atoms with Crippen molar-refractivity contribution < 1.29 is 17.9 Å². The van der Waals surface area contributed by atoms with Gasteiger partial charge in [0.1, 0.15) is 5.75 Å². The lowest BCUT2D eigenvalue weighted by atomic mass is 10.1. The highest BCUT2D eigenvalue weighted by Gasteiger charge is 2.30. The number of hydrogen-bond acceptors (Lipinski definition) is 5. The van der Waals surface area contributed by atoms with Gasteiger partial charge in [0.2, 0.25) is 10.0 Å². The fourth-order valence-electron chi connectivity index (χ4n) is 4.14. The molecule has 0 spiro atoms. The van der Waals surface area contributed by atoms with Crippen molar-refractivity contribution in [2.24, 2.45) is 0 Å². The maximum absolute atomic E-state index is 13.1. The van der Waals surface area contributed by atoms with Gasteiger partial charge in [0.25, 0.3) is 0 Å². The quantitative estimate of drug-likeness (QED) is 0.405. The molecule has 0 aromatic heterocycles. The van der Waals surface area contributed by atoms with E-state index in [-0.39, 0.29) is 11.0 Å². The van der Waals surface area contributed by atoms with Gasteiger partial charge >= 0.3 is 0 Å². The van der Waals surface area contributed by atoms with Gasteiger partial charge in [0, 0.05) is 37.7 Å². The Morgan fingerprint density at radius 2 is 1.66 bits per heavy atom. The van der Waals surface area contributed by atoms with E-state index < -0.39 is 10.0 Å². The molecule has 8 heteroatoms. The molecular formula is C27H31ClN2O4S. The highest BCUT2D eigenvalue weighted by Crippen LogP contribution is 2.26. The summed E-state index contributed by atoms with van der Waals surface area (Å²) < 4.78 is 39.4. The molecule has 0 saturated carbocycles. The molecular weight excluding hydrogens is 484 g/mol. The van der Waals surface area contributed by atoms with Gasteiger partial charge in [-0.1, -0.05) is 59.6 Å². The van der Waals surface area contributed by atoms with Crippen molar-refractivity contribution in [3.8, 4) is 5.75 Å². The van der Waals surface area contributed by atoms with Crippen molar-refractivity contribution in [1.29, 1.82) is 0 Å². The van der Waals surface area contributed by atoms with Crippen LogP contribution in [0.1, 0.15) is 22.8 Å². The van der Waals surface area contributed by atoms with Crippen LogP contribution in [0.2, 0.25) is 5.02 Å². The predicted molar refractivity (Wildman–Crippen MR) is 138 cm³/mol. The monoisotopic (exact) mass is 514 g/mol. The number of methoxy groups -OCH3 is 1. The van der Waals surface area contributed by atoms with Crippen LogP contribution < -0.4 is 4.74 Å². The van der Waals surface area contributed by atoms with Gasteiger partial charge in [0.05, 0.1) is 24.7 Å². The Kier molecular flexibility index (Phi) is 8.46. The van der Waals surface area contributed by atoms with Crippen molar-refractivity contribution in [1.82, 2.24) is 9.21 Å². The normalized spacial score (nSPS) is 16.2. The zero-order chi connectivity index (χ0) is 24.8. The second kappa shape index (κ2) is 11.5. The lowest BCUT2D eigenvalue weighted by Crippen LogP contribution is -2.49. The summed E-state index contributed by atoms with van der Waals surface area (Å²) in [6.07, 6.45) is -0.178. The van der Waals surface area contributed by atoms with Crippen molar-refractivity contribution in [2.45, 2.75) is 24.5 Å². The summed E-state index contributed by atoms with van der Waals surface area (Å²) in [5, 5.41) is 0.413. The number of nitrogens with zero attached hydrogens (tertiary/aromatic N) is 2. The molecule has 1 aliphatic rings. The molecule has 35 heavy (non-hydrogen) atoms. The zero-order valence-corrected chi connectivity index (χ0v) is 21.6. The molecule has 4 rings (SSSR count). The molecule has 1 heterocycles. The van der Waals surface area contributed by atoms with Crippen molar-refractivity contribution in [2.75, 3.05) is 39.8 Å². The van der Waals surface area contributed by atoms with Gasteiger partial charge in [0.15, 0.2) is 0 Å². The number of sulfonamides is 1. The molecule has 3 aromatic rings. The highest BCUT2D eigenvalue weighted by molar-refractivity contribution is 7.89. The van der Waals surface area contributed by atoms with Crippen LogP contribution in [0, 0.1) is 6.92 Å². The lowest BCUT2D eigenvalue weighted by molar-refractivity contribution is 0.00762. The fourth-order valence-corrected chi connectivity index (χ4v) is 5.86. The first-order valence-electron chi connectivity index (χ1n) is 11.6. The summed E-state index contributed by atoms with van der Waals surface area (Å²) in [6, 6.07) is 22.7. The summed E-state index contributed by atoms with van der Waals surface area (Å²) in [7, 11) is -1.92. The van der Waals surface area contributed by atoms with Gasteiger partial charge in [-0.05, 0) is 48.4 Å². The summed E-state index contributed by atoms with van der Waals surface area (Å²) in [6.45, 7) is 5.28. The molecule has 1 fully saturated rings. The molecule has 1 aliphatic heterocycles. The van der Waals surface area contributed by atoms with Gasteiger partial charge in [-0.15, -0.1) is 0 Å². The van der Waals surface area contributed by atoms with E-state index in [9.17, 15) is 8.42 Å². The number of halogens is 1. The number of benzene rings is 3. The van der Waals surface area contributed by atoms with Crippen LogP contribution in [0.4, 0.5) is 0 Å². The SMILES string of the molecule is COc1cccc(C(CN2CCN(S(=O)(=O)c3cccc(Cl)c3)CC2)OCc2ccc(C)cc2)c1. The first-order chi connectivity index (χ1) is 16.8. The van der Waals surface area contributed by atoms with Crippen LogP contribution in [0.3, 0.4) is 0 Å². The largest absolute Gasteiger partial charge is 0.497 e. The molecule has 0 aliphatic carbocycles. The van der Waals surface area contributed by atoms with Crippen molar-refractivity contribution in [3.63, 3.8) is 0 Å². The van der Waals surface area contributed by atoms with E-state index in [4.69, 9.17) is 21.1 Å². The van der Waals surface area contributed by atoms with Gasteiger partial charge in [-0.3, -0.25) is 4.90 Å². The molecule has 6 nitrogen and oxygen atoms in total. The Balaban J connectivity index is 1.43. The Hall–Kier alpha value is -2.42. The minimum atomic E-state index is -3.57. The van der Waals surface area contributed by atoms with E-state index in [0.29, 0.717) is 44.4 Å². The third-order valence-corrected chi connectivity index (χ3v) is 8.36. The summed E-state index contributed by atoms with van der Waals surface area (Å²) in [5.41, 5.74) is 3.36. The van der Waals surface area contributed by atoms with Crippen LogP contribution >= 0.6 is 11.6 Å². The first kappa shape index (κ1) is 25.7. The fraction of sp³-hybridized carbons (Fsp3) is 0.333. The van der Waals surface area contributed by atoms with E-state index >= 15 is 0 Å². The molecule has 186 valence electrons. The van der Waals surface area contributed by atoms with E-state index in [1.165, 1.54) is 15.9 Å². The lowest BCUT2D eigenvalue weighted by Gasteiger charge is -2.36. The third kappa shape index (κ3) is 6.63. The van der Waals surface area contributed by atoms with Gasteiger partial charge < -0.3 is 9.47 Å². The van der Waals surface area contributed by atoms with Crippen LogP contribution in [-0.2, 0) is 21.4 Å². The average Bonchev–Trinajstić information content (AvgIpc) is 2.88. The molecule has 0 radical (unpaired) electrons. The smallest absolute Gasteiger partial charge is 0.243 e. The van der Waals surface area contributed by atoms with E-state index in [2.05, 4.69) is 36.1 Å². The Labute approximate surface area is 213 Å². The second-order valence-electron chi connectivity index (χ2n) is 8.72. The van der Waals surface area contributed by atoms with Crippen LogP contribution in [0.5, 0.6) is 5.75 Å². The summed E-state index contributed by atoms with van der Waals surface area (Å²) in [4.78, 5) is 2.48. The zero-order valence-electron chi connectivity index (χ0n) is 20.1. The Bertz CT molecular complexity index is 1230. The summed E-state index contributed by atoms with van der Waals surface area (Å²) in [5.74, 6) is 0.781. The minimum absolute atomic E-state index is 0.178. The number of hydrogen-bond donors (Lipinski definition) is 0. The molecule has 1 saturated heterocycles. The topological polar surface area (TPSA) is 59.1 Å². The highest BCUT2D eigenvalue weighted by atomic mass is 35.5. The predicted octanol–water partition coefficient (Wildman–Crippen LogP) is 4.92. The first-order valence-corrected chi connectivity index (χ1v) is 13.5. The number of aryl methyl sites for hydroxylation is 1. The van der Waals surface area contributed by atoms with Crippen molar-refractivity contribution >= 4 is 21.6 Å². The second-order valence-corrected chi connectivity index (χ2v) is 11.1. The molecule has 1 atom stereocenters. The van der Waals surface area contributed by atoms with Crippen molar-refractivity contribution in [3.05, 3.63) is 94.5 Å². The Morgan fingerprint density at radius 1 is 0.943 bits per heavy atom. The standard InChI is InChI=1S/C27H31ClN2O4S/c1-21-9-11-22(12-10-21)20-34-27(23-5-3-7-25(17-23)33-2)19-29-13-15-30(16-14-29)35(31,32)26-8-4-6-24(28)18-26/h3-12,17-18,27H,13-16,19-20H2,1-2H3. The molecule has 0 N–H and O–H groups in total. The van der Waals surface area contributed by atoms with E-state index in [1.807, 2.05) is 24.3 Å². The van der Waals surface area contributed by atoms with Gasteiger partial charge in [-0.25, -0.2) is 8.42 Å². The molecule has 3 aromatic carbocycles. The van der Waals surface area contributed by atoms with Gasteiger partial charge in [-0.2, -0.15) is 4.31 Å². The average molecular weight is 515 g/mol. The van der Waals surface area contributed by atoms with E-state index in [1.54, 1.807) is 25.3 Å². The number of rotatable bonds is 9. The molecule has 1 unspecified atom stereocenters. The summed E-state index contributed by atoms with van der Waals surface area (Å²) >= 11 is 6.02. The maximum Gasteiger partial charge on any atom is 0.243 e.